The van der Waals surface area contributed by atoms with Crippen molar-refractivity contribution in [1.29, 1.82) is 0 Å². The third-order valence-electron chi connectivity index (χ3n) is 2.77. The highest BCUT2D eigenvalue weighted by Gasteiger charge is 2.24. The summed E-state index contributed by atoms with van der Waals surface area (Å²) in [6.07, 6.45) is 1.49. The summed E-state index contributed by atoms with van der Waals surface area (Å²) in [6.45, 7) is 5.97. The molecule has 0 unspecified atom stereocenters. The lowest BCUT2D eigenvalue weighted by Gasteiger charge is -2.19. The molecule has 0 heterocycles. The minimum absolute atomic E-state index is 0.0648. The van der Waals surface area contributed by atoms with E-state index in [-0.39, 0.29) is 29.6 Å². The van der Waals surface area contributed by atoms with Crippen LogP contribution < -0.4 is 5.32 Å². The van der Waals surface area contributed by atoms with Crippen molar-refractivity contribution >= 4 is 21.6 Å². The summed E-state index contributed by atoms with van der Waals surface area (Å²) in [5, 5.41) is 2.76. The fraction of sp³-hybridized carbons (Fsp3) is 0.385. The summed E-state index contributed by atoms with van der Waals surface area (Å²) >= 11 is 5.83. The predicted molar refractivity (Wildman–Crippen MR) is 78.8 cm³/mol. The van der Waals surface area contributed by atoms with E-state index >= 15 is 0 Å². The Labute approximate surface area is 124 Å². The maximum atomic E-state index is 13.8. The molecule has 0 bridgehead atoms. The van der Waals surface area contributed by atoms with Crippen LogP contribution in [0.4, 0.5) is 4.39 Å². The molecule has 7 heteroatoms. The Morgan fingerprint density at radius 2 is 2.15 bits per heavy atom. The van der Waals surface area contributed by atoms with E-state index in [0.29, 0.717) is 5.56 Å². The molecule has 0 saturated heterocycles. The topological polar surface area (TPSA) is 49.4 Å². The van der Waals surface area contributed by atoms with Gasteiger partial charge in [-0.15, -0.1) is 6.58 Å². The van der Waals surface area contributed by atoms with Gasteiger partial charge < -0.3 is 5.32 Å². The van der Waals surface area contributed by atoms with Crippen LogP contribution in [0.5, 0.6) is 0 Å². The Bertz CT molecular complexity index is 590. The van der Waals surface area contributed by atoms with Gasteiger partial charge in [0, 0.05) is 19.6 Å². The maximum Gasteiger partial charge on any atom is 0.243 e. The molecule has 0 aliphatic carbocycles. The third kappa shape index (κ3) is 3.58. The van der Waals surface area contributed by atoms with Gasteiger partial charge >= 0.3 is 0 Å². The van der Waals surface area contributed by atoms with Gasteiger partial charge in [-0.1, -0.05) is 24.6 Å². The van der Waals surface area contributed by atoms with Crippen LogP contribution in [-0.2, 0) is 16.6 Å². The van der Waals surface area contributed by atoms with E-state index in [2.05, 4.69) is 11.9 Å². The first-order chi connectivity index (χ1) is 9.38. The molecule has 0 aromatic heterocycles. The van der Waals surface area contributed by atoms with Gasteiger partial charge in [-0.2, -0.15) is 4.31 Å². The Kier molecular flexibility index (Phi) is 6.13. The van der Waals surface area contributed by atoms with Crippen LogP contribution >= 0.6 is 11.6 Å². The first-order valence-corrected chi connectivity index (χ1v) is 7.93. The zero-order valence-electron chi connectivity index (χ0n) is 11.5. The van der Waals surface area contributed by atoms with Gasteiger partial charge in [0.05, 0.1) is 9.92 Å². The van der Waals surface area contributed by atoms with Crippen LogP contribution in [0.3, 0.4) is 0 Å². The van der Waals surface area contributed by atoms with Gasteiger partial charge in [0.15, 0.2) is 0 Å². The lowest BCUT2D eigenvalue weighted by molar-refractivity contribution is 0.459. The van der Waals surface area contributed by atoms with E-state index in [0.717, 1.165) is 6.07 Å². The van der Waals surface area contributed by atoms with Gasteiger partial charge in [-0.05, 0) is 24.7 Å². The van der Waals surface area contributed by atoms with E-state index in [1.807, 2.05) is 0 Å². The van der Waals surface area contributed by atoms with E-state index in [1.165, 1.54) is 16.4 Å². The van der Waals surface area contributed by atoms with Crippen LogP contribution in [0.1, 0.15) is 12.5 Å². The molecule has 0 saturated carbocycles. The number of sulfonamides is 1. The molecule has 20 heavy (non-hydrogen) atoms. The van der Waals surface area contributed by atoms with Gasteiger partial charge in [-0.25, -0.2) is 12.8 Å². The number of halogens is 2. The second-order valence-corrected chi connectivity index (χ2v) is 6.47. The van der Waals surface area contributed by atoms with Crippen molar-refractivity contribution < 1.29 is 12.8 Å². The summed E-state index contributed by atoms with van der Waals surface area (Å²) in [4.78, 5) is -0.103. The van der Waals surface area contributed by atoms with Crippen molar-refractivity contribution in [3.05, 3.63) is 41.2 Å². The van der Waals surface area contributed by atoms with E-state index in [1.54, 1.807) is 14.0 Å². The molecular weight excluding hydrogens is 303 g/mol. The average Bonchev–Trinajstić information content (AvgIpc) is 2.40. The third-order valence-corrected chi connectivity index (χ3v) is 5.11. The minimum Gasteiger partial charge on any atom is -0.316 e. The first kappa shape index (κ1) is 17.1. The second kappa shape index (κ2) is 7.17. The molecule has 0 atom stereocenters. The Morgan fingerprint density at radius 3 is 2.65 bits per heavy atom. The lowest BCUT2D eigenvalue weighted by Crippen LogP contribution is -2.31. The van der Waals surface area contributed by atoms with Crippen molar-refractivity contribution in [2.75, 3.05) is 20.1 Å². The number of rotatable bonds is 7. The largest absolute Gasteiger partial charge is 0.316 e. The molecule has 0 amide bonds. The van der Waals surface area contributed by atoms with Crippen molar-refractivity contribution in [2.45, 2.75) is 18.4 Å². The molecule has 112 valence electrons. The van der Waals surface area contributed by atoms with E-state index in [9.17, 15) is 12.8 Å². The summed E-state index contributed by atoms with van der Waals surface area (Å²) in [5.74, 6) is -0.743. The summed E-state index contributed by atoms with van der Waals surface area (Å²) < 4.78 is 39.8. The number of likely N-dealkylation sites (N-methyl/N-ethyl adjacent to an activating group) is 1. The van der Waals surface area contributed by atoms with Gasteiger partial charge in [-0.3, -0.25) is 0 Å². The molecule has 0 aliphatic heterocycles. The molecule has 0 spiro atoms. The normalized spacial score (nSPS) is 11.8. The minimum atomic E-state index is -3.76. The highest BCUT2D eigenvalue weighted by Crippen LogP contribution is 2.26. The van der Waals surface area contributed by atoms with Crippen molar-refractivity contribution in [2.24, 2.45) is 0 Å². The van der Waals surface area contributed by atoms with E-state index in [4.69, 9.17) is 11.6 Å². The molecule has 0 radical (unpaired) electrons. The molecule has 1 rings (SSSR count). The zero-order chi connectivity index (χ0) is 15.3. The summed E-state index contributed by atoms with van der Waals surface area (Å²) in [5.41, 5.74) is 0.405. The maximum absolute atomic E-state index is 13.8. The number of benzene rings is 1. The quantitative estimate of drug-likeness (QED) is 0.785. The van der Waals surface area contributed by atoms with Gasteiger partial charge in [0.1, 0.15) is 5.82 Å². The fourth-order valence-corrected chi connectivity index (χ4v) is 3.44. The molecule has 1 N–H and O–H groups in total. The Morgan fingerprint density at radius 1 is 1.50 bits per heavy atom. The molecule has 0 aliphatic rings. The smallest absolute Gasteiger partial charge is 0.243 e. The highest BCUT2D eigenvalue weighted by atomic mass is 35.5. The molecule has 1 aromatic carbocycles. The molecule has 0 fully saturated rings. The van der Waals surface area contributed by atoms with Gasteiger partial charge in [0.2, 0.25) is 10.0 Å². The second-order valence-electron chi connectivity index (χ2n) is 4.15. The van der Waals surface area contributed by atoms with Crippen LogP contribution in [0.25, 0.3) is 0 Å². The van der Waals surface area contributed by atoms with Crippen molar-refractivity contribution in [3.8, 4) is 0 Å². The average molecular weight is 321 g/mol. The highest BCUT2D eigenvalue weighted by molar-refractivity contribution is 7.89. The first-order valence-electron chi connectivity index (χ1n) is 6.12. The fourth-order valence-electron chi connectivity index (χ4n) is 1.78. The Hall–Kier alpha value is -0.950. The van der Waals surface area contributed by atoms with Crippen molar-refractivity contribution in [1.82, 2.24) is 9.62 Å². The predicted octanol–water partition coefficient (Wildman–Crippen LogP) is 2.40. The molecule has 4 nitrogen and oxygen atoms in total. The molecule has 1 aromatic rings. The van der Waals surface area contributed by atoms with Crippen LogP contribution in [0.2, 0.25) is 5.02 Å². The van der Waals surface area contributed by atoms with Gasteiger partial charge in [0.25, 0.3) is 0 Å². The number of nitrogens with one attached hydrogen (secondary N) is 1. The number of nitrogens with zero attached hydrogens (tertiary/aromatic N) is 1. The monoisotopic (exact) mass is 320 g/mol. The zero-order valence-corrected chi connectivity index (χ0v) is 13.1. The molecular formula is C13H18ClFN2O2S. The lowest BCUT2D eigenvalue weighted by atomic mass is 10.2. The van der Waals surface area contributed by atoms with Crippen molar-refractivity contribution in [3.63, 3.8) is 0 Å². The summed E-state index contributed by atoms with van der Waals surface area (Å²) in [7, 11) is -2.09. The summed E-state index contributed by atoms with van der Waals surface area (Å²) in [6, 6.07) is 2.34. The van der Waals surface area contributed by atoms with Crippen LogP contribution in [-0.4, -0.2) is 32.9 Å². The SMILES string of the molecule is C=CCN(CC)S(=O)(=O)c1cc(F)c(Cl)c(CNC)c1. The Balaban J connectivity index is 3.34. The number of hydrogen-bond acceptors (Lipinski definition) is 3. The van der Waals surface area contributed by atoms with Crippen LogP contribution in [0, 0.1) is 5.82 Å². The number of hydrogen-bond donors (Lipinski definition) is 1. The van der Waals surface area contributed by atoms with E-state index < -0.39 is 15.8 Å². The standard InChI is InChI=1S/C13H18ClFN2O2S/c1-4-6-17(5-2)20(18,19)11-7-10(9-16-3)13(14)12(15)8-11/h4,7-8,16H,1,5-6,9H2,2-3H3. The van der Waals surface area contributed by atoms with Crippen LogP contribution in [0.15, 0.2) is 29.7 Å².